The third kappa shape index (κ3) is 5.24. The molecule has 286 valence electrons. The van der Waals surface area contributed by atoms with Crippen molar-refractivity contribution in [1.82, 2.24) is 0 Å². The van der Waals surface area contributed by atoms with Crippen molar-refractivity contribution in [2.75, 3.05) is 4.90 Å². The molecular weight excluding hydrogens is 731 g/mol. The summed E-state index contributed by atoms with van der Waals surface area (Å²) in [7, 11) is -1.49. The molecule has 1 aromatic heterocycles. The molecule has 0 atom stereocenters. The van der Waals surface area contributed by atoms with Crippen molar-refractivity contribution in [2.45, 2.75) is 51.2 Å². The maximum atomic E-state index is 7.08. The summed E-state index contributed by atoms with van der Waals surface area (Å²) in [5.41, 5.74) is 18.8. The van der Waals surface area contributed by atoms with Gasteiger partial charge >= 0.3 is 0 Å². The van der Waals surface area contributed by atoms with Crippen LogP contribution >= 0.6 is 0 Å². The van der Waals surface area contributed by atoms with Gasteiger partial charge in [-0.2, -0.15) is 0 Å². The standard InChI is InChI=1S/C56H47NOSi/c1-55(2,3)37-26-28-38(29-27-37)57(39-30-32-41(33-31-39)59(4,5)6)40-17-15-16-36(34-40)46-35-50-53(54-52(46)45-21-10-14-25-51(45)58-54)44-20-9-13-24-49(44)56(50)47-22-11-7-18-42(47)43-19-8-12-23-48(43)56/h7-35H,1-6H3. The Hall–Kier alpha value is -6.42. The van der Waals surface area contributed by atoms with Crippen molar-refractivity contribution < 1.29 is 4.42 Å². The van der Waals surface area contributed by atoms with E-state index in [2.05, 4.69) is 221 Å². The third-order valence-corrected chi connectivity index (χ3v) is 15.1. The summed E-state index contributed by atoms with van der Waals surface area (Å²) in [6, 6.07) is 65.8. The summed E-state index contributed by atoms with van der Waals surface area (Å²) in [4.78, 5) is 2.42. The second-order valence-electron chi connectivity index (χ2n) is 18.5. The van der Waals surface area contributed by atoms with Gasteiger partial charge in [0.15, 0.2) is 0 Å². The molecule has 11 rings (SSSR count). The largest absolute Gasteiger partial charge is 0.455 e. The second-order valence-corrected chi connectivity index (χ2v) is 23.6. The molecule has 2 aliphatic rings. The fraction of sp³-hybridized carbons (Fsp3) is 0.143. The minimum atomic E-state index is -1.49. The Morgan fingerprint density at radius 2 is 1.05 bits per heavy atom. The van der Waals surface area contributed by atoms with E-state index in [-0.39, 0.29) is 5.41 Å². The van der Waals surface area contributed by atoms with Crippen LogP contribution in [0, 0.1) is 0 Å². The third-order valence-electron chi connectivity index (χ3n) is 13.0. The Morgan fingerprint density at radius 1 is 0.492 bits per heavy atom. The van der Waals surface area contributed by atoms with Crippen LogP contribution in [0.1, 0.15) is 48.6 Å². The van der Waals surface area contributed by atoms with Crippen LogP contribution in [-0.4, -0.2) is 8.07 Å². The lowest BCUT2D eigenvalue weighted by molar-refractivity contribution is 0.590. The van der Waals surface area contributed by atoms with E-state index in [0.29, 0.717) is 0 Å². The van der Waals surface area contributed by atoms with Gasteiger partial charge in [0.25, 0.3) is 0 Å². The molecule has 0 aliphatic heterocycles. The van der Waals surface area contributed by atoms with Crippen molar-refractivity contribution >= 4 is 52.3 Å². The van der Waals surface area contributed by atoms with E-state index in [1.165, 1.54) is 60.8 Å². The molecule has 0 amide bonds. The maximum absolute atomic E-state index is 7.08. The highest BCUT2D eigenvalue weighted by Gasteiger charge is 2.52. The van der Waals surface area contributed by atoms with Gasteiger partial charge in [0, 0.05) is 33.4 Å². The summed E-state index contributed by atoms with van der Waals surface area (Å²) >= 11 is 0. The zero-order valence-corrected chi connectivity index (χ0v) is 35.6. The van der Waals surface area contributed by atoms with E-state index in [9.17, 15) is 0 Å². The lowest BCUT2D eigenvalue weighted by atomic mass is 9.70. The highest BCUT2D eigenvalue weighted by molar-refractivity contribution is 6.88. The van der Waals surface area contributed by atoms with Crippen molar-refractivity contribution in [3.8, 4) is 33.4 Å². The molecule has 0 fully saturated rings. The van der Waals surface area contributed by atoms with Gasteiger partial charge in [-0.15, -0.1) is 0 Å². The maximum Gasteiger partial charge on any atom is 0.144 e. The Morgan fingerprint density at radius 3 is 1.68 bits per heavy atom. The van der Waals surface area contributed by atoms with Crippen molar-refractivity contribution in [3.63, 3.8) is 0 Å². The first kappa shape index (κ1) is 35.7. The Labute approximate surface area is 348 Å². The molecule has 0 unspecified atom stereocenters. The minimum absolute atomic E-state index is 0.0614. The first-order valence-corrected chi connectivity index (χ1v) is 24.4. The number of nitrogens with zero attached hydrogens (tertiary/aromatic N) is 1. The van der Waals surface area contributed by atoms with E-state index < -0.39 is 13.5 Å². The number of hydrogen-bond donors (Lipinski definition) is 0. The molecule has 3 heteroatoms. The van der Waals surface area contributed by atoms with E-state index in [1.54, 1.807) is 0 Å². The van der Waals surface area contributed by atoms with Crippen molar-refractivity contribution in [1.29, 1.82) is 0 Å². The van der Waals surface area contributed by atoms with Crippen LogP contribution in [-0.2, 0) is 10.8 Å². The van der Waals surface area contributed by atoms with E-state index in [4.69, 9.17) is 4.42 Å². The quantitative estimate of drug-likeness (QED) is 0.162. The van der Waals surface area contributed by atoms with Crippen molar-refractivity contribution in [3.05, 3.63) is 204 Å². The molecule has 1 heterocycles. The summed E-state index contributed by atoms with van der Waals surface area (Å²) in [6.07, 6.45) is 0. The molecular formula is C56H47NOSi. The smallest absolute Gasteiger partial charge is 0.144 e. The summed E-state index contributed by atoms with van der Waals surface area (Å²) < 4.78 is 7.08. The number of hydrogen-bond acceptors (Lipinski definition) is 2. The van der Waals surface area contributed by atoms with Crippen molar-refractivity contribution in [2.24, 2.45) is 0 Å². The van der Waals surface area contributed by atoms with Gasteiger partial charge in [0.2, 0.25) is 0 Å². The zero-order chi connectivity index (χ0) is 40.3. The van der Waals surface area contributed by atoms with Crippen LogP contribution in [0.15, 0.2) is 180 Å². The van der Waals surface area contributed by atoms with Crippen LogP contribution in [0.25, 0.3) is 55.3 Å². The molecule has 0 saturated carbocycles. The molecule has 9 aromatic rings. The predicted octanol–water partition coefficient (Wildman–Crippen LogP) is 14.9. The topological polar surface area (TPSA) is 16.4 Å². The predicted molar refractivity (Wildman–Crippen MR) is 252 cm³/mol. The highest BCUT2D eigenvalue weighted by atomic mass is 28.3. The van der Waals surface area contributed by atoms with Gasteiger partial charge in [0.05, 0.1) is 13.5 Å². The molecule has 2 aliphatic carbocycles. The molecule has 59 heavy (non-hydrogen) atoms. The number of rotatable bonds is 5. The molecule has 2 nitrogen and oxygen atoms in total. The number of furan rings is 1. The fourth-order valence-corrected chi connectivity index (χ4v) is 11.3. The average Bonchev–Trinajstić information content (AvgIpc) is 3.88. The SMILES string of the molecule is CC(C)(C)c1ccc(N(c2ccc([Si](C)(C)C)cc2)c2cccc(-c3cc4c(c5oc6ccccc6c35)-c3ccccc3C43c4ccccc4-c4ccccc43)c2)cc1. The minimum Gasteiger partial charge on any atom is -0.455 e. The lowest BCUT2D eigenvalue weighted by Gasteiger charge is -2.31. The zero-order valence-electron chi connectivity index (χ0n) is 34.6. The monoisotopic (exact) mass is 777 g/mol. The van der Waals surface area contributed by atoms with E-state index >= 15 is 0 Å². The second kappa shape index (κ2) is 12.8. The van der Waals surface area contributed by atoms with Gasteiger partial charge in [0.1, 0.15) is 11.2 Å². The van der Waals surface area contributed by atoms with Gasteiger partial charge < -0.3 is 9.32 Å². The molecule has 0 saturated heterocycles. The first-order valence-electron chi connectivity index (χ1n) is 20.9. The summed E-state index contributed by atoms with van der Waals surface area (Å²) in [5, 5.41) is 3.74. The Balaban J connectivity index is 1.19. The molecule has 1 spiro atoms. The van der Waals surface area contributed by atoms with Crippen LogP contribution < -0.4 is 10.1 Å². The van der Waals surface area contributed by atoms with Crippen LogP contribution in [0.3, 0.4) is 0 Å². The highest BCUT2D eigenvalue weighted by Crippen LogP contribution is 2.65. The molecule has 0 N–H and O–H groups in total. The fourth-order valence-electron chi connectivity index (χ4n) is 10.2. The number of para-hydroxylation sites is 1. The Bertz CT molecular complexity index is 3020. The molecule has 0 bridgehead atoms. The molecule has 8 aromatic carbocycles. The van der Waals surface area contributed by atoms with Crippen LogP contribution in [0.2, 0.25) is 19.6 Å². The number of fused-ring (bicyclic) bond motifs is 14. The van der Waals surface area contributed by atoms with E-state index in [0.717, 1.165) is 44.6 Å². The Kier molecular flexibility index (Phi) is 7.74. The lowest BCUT2D eigenvalue weighted by Crippen LogP contribution is -2.37. The number of benzene rings is 8. The number of anilines is 3. The van der Waals surface area contributed by atoms with Gasteiger partial charge in [-0.25, -0.2) is 0 Å². The first-order chi connectivity index (χ1) is 28.5. The van der Waals surface area contributed by atoms with Crippen LogP contribution in [0.4, 0.5) is 17.1 Å². The van der Waals surface area contributed by atoms with Gasteiger partial charge in [-0.3, -0.25) is 0 Å². The molecule has 0 radical (unpaired) electrons. The summed E-state index contributed by atoms with van der Waals surface area (Å²) in [5.74, 6) is 0. The summed E-state index contributed by atoms with van der Waals surface area (Å²) in [6.45, 7) is 14.1. The average molecular weight is 778 g/mol. The van der Waals surface area contributed by atoms with Crippen LogP contribution in [0.5, 0.6) is 0 Å². The van der Waals surface area contributed by atoms with Gasteiger partial charge in [-0.1, -0.05) is 173 Å². The normalized spacial score (nSPS) is 13.7. The van der Waals surface area contributed by atoms with E-state index in [1.807, 2.05) is 0 Å². The van der Waals surface area contributed by atoms with Gasteiger partial charge in [-0.05, 0) is 110 Å².